The Morgan fingerprint density at radius 1 is 1.08 bits per heavy atom. The highest BCUT2D eigenvalue weighted by molar-refractivity contribution is 5.95. The standard InChI is InChI=1S/C20H22N4O2/c25-18(17-5-2-9-22-13-17)24-10-3-6-20(15-24)7-11-23(19(20)26)14-16-4-1-8-21-12-16/h1-2,4-5,8-9,12-13H,3,6-7,10-11,14-15H2/t20-/m0/s1. The molecule has 0 aliphatic carbocycles. The molecule has 2 fully saturated rings. The van der Waals surface area contributed by atoms with Crippen molar-refractivity contribution in [2.45, 2.75) is 25.8 Å². The van der Waals surface area contributed by atoms with E-state index in [2.05, 4.69) is 9.97 Å². The minimum absolute atomic E-state index is 0.0318. The van der Waals surface area contributed by atoms with E-state index in [-0.39, 0.29) is 11.8 Å². The predicted molar refractivity (Wildman–Crippen MR) is 96.1 cm³/mol. The van der Waals surface area contributed by atoms with Crippen LogP contribution in [0, 0.1) is 5.41 Å². The summed E-state index contributed by atoms with van der Waals surface area (Å²) in [7, 11) is 0. The van der Waals surface area contributed by atoms with Crippen molar-refractivity contribution >= 4 is 11.8 Å². The lowest BCUT2D eigenvalue weighted by Crippen LogP contribution is -2.49. The molecule has 4 rings (SSSR count). The summed E-state index contributed by atoms with van der Waals surface area (Å²) < 4.78 is 0. The molecule has 0 unspecified atom stereocenters. The zero-order valence-corrected chi connectivity index (χ0v) is 14.7. The van der Waals surface area contributed by atoms with Gasteiger partial charge in [-0.05, 0) is 43.0 Å². The highest BCUT2D eigenvalue weighted by Gasteiger charge is 2.49. The maximum absolute atomic E-state index is 13.1. The number of piperidine rings is 1. The van der Waals surface area contributed by atoms with Crippen LogP contribution in [0.2, 0.25) is 0 Å². The Morgan fingerprint density at radius 2 is 1.88 bits per heavy atom. The lowest BCUT2D eigenvalue weighted by Gasteiger charge is -2.39. The number of hydrogen-bond donors (Lipinski definition) is 0. The first-order chi connectivity index (χ1) is 12.7. The van der Waals surface area contributed by atoms with E-state index < -0.39 is 5.41 Å². The van der Waals surface area contributed by atoms with E-state index in [0.29, 0.717) is 25.2 Å². The molecule has 0 N–H and O–H groups in total. The smallest absolute Gasteiger partial charge is 0.255 e. The number of pyridine rings is 2. The third-order valence-corrected chi connectivity index (χ3v) is 5.47. The van der Waals surface area contributed by atoms with Crippen molar-refractivity contribution in [3.8, 4) is 0 Å². The van der Waals surface area contributed by atoms with Crippen LogP contribution in [0.25, 0.3) is 0 Å². The Kier molecular flexibility index (Phi) is 4.41. The zero-order chi connectivity index (χ0) is 18.0. The van der Waals surface area contributed by atoms with E-state index in [4.69, 9.17) is 0 Å². The van der Waals surface area contributed by atoms with Gasteiger partial charge in [-0.2, -0.15) is 0 Å². The van der Waals surface area contributed by atoms with Crippen LogP contribution in [0.3, 0.4) is 0 Å². The third kappa shape index (κ3) is 3.07. The molecule has 1 atom stereocenters. The van der Waals surface area contributed by atoms with Gasteiger partial charge in [-0.3, -0.25) is 19.6 Å². The summed E-state index contributed by atoms with van der Waals surface area (Å²) in [6.07, 6.45) is 9.31. The summed E-state index contributed by atoms with van der Waals surface area (Å²) in [6, 6.07) is 7.43. The van der Waals surface area contributed by atoms with Gasteiger partial charge in [0, 0.05) is 51.0 Å². The lowest BCUT2D eigenvalue weighted by molar-refractivity contribution is -0.138. The van der Waals surface area contributed by atoms with E-state index in [9.17, 15) is 9.59 Å². The van der Waals surface area contributed by atoms with Crippen LogP contribution in [-0.2, 0) is 11.3 Å². The molecule has 2 aliphatic heterocycles. The summed E-state index contributed by atoms with van der Waals surface area (Å²) in [5.41, 5.74) is 1.19. The molecule has 134 valence electrons. The van der Waals surface area contributed by atoms with Gasteiger partial charge in [-0.1, -0.05) is 6.07 Å². The van der Waals surface area contributed by atoms with Gasteiger partial charge in [0.15, 0.2) is 0 Å². The van der Waals surface area contributed by atoms with E-state index >= 15 is 0 Å². The SMILES string of the molecule is O=C(c1cccnc1)N1CCC[C@]2(CCN(Cc3cccnc3)C2=O)C1. The van der Waals surface area contributed by atoms with E-state index in [1.54, 1.807) is 36.9 Å². The molecule has 6 heteroatoms. The number of carbonyl (C=O) groups is 2. The van der Waals surface area contributed by atoms with Gasteiger partial charge in [0.05, 0.1) is 11.0 Å². The second-order valence-corrected chi connectivity index (χ2v) is 7.19. The Balaban J connectivity index is 1.48. The van der Waals surface area contributed by atoms with Crippen LogP contribution in [0.5, 0.6) is 0 Å². The number of carbonyl (C=O) groups excluding carboxylic acids is 2. The van der Waals surface area contributed by atoms with Crippen LogP contribution >= 0.6 is 0 Å². The fourth-order valence-corrected chi connectivity index (χ4v) is 4.11. The first-order valence-electron chi connectivity index (χ1n) is 9.06. The molecule has 2 aromatic rings. The van der Waals surface area contributed by atoms with Crippen LogP contribution in [0.1, 0.15) is 35.2 Å². The molecule has 4 heterocycles. The molecule has 26 heavy (non-hydrogen) atoms. The Bertz CT molecular complexity index is 796. The largest absolute Gasteiger partial charge is 0.338 e. The predicted octanol–water partition coefficient (Wildman–Crippen LogP) is 2.13. The molecule has 6 nitrogen and oxygen atoms in total. The number of nitrogens with zero attached hydrogens (tertiary/aromatic N) is 4. The van der Waals surface area contributed by atoms with Gasteiger partial charge in [-0.15, -0.1) is 0 Å². The molecular weight excluding hydrogens is 328 g/mol. The fourth-order valence-electron chi connectivity index (χ4n) is 4.11. The van der Waals surface area contributed by atoms with Gasteiger partial charge in [-0.25, -0.2) is 0 Å². The molecular formula is C20H22N4O2. The lowest BCUT2D eigenvalue weighted by atomic mass is 9.78. The first kappa shape index (κ1) is 16.7. The van der Waals surface area contributed by atoms with Gasteiger partial charge < -0.3 is 9.80 Å². The quantitative estimate of drug-likeness (QED) is 0.851. The van der Waals surface area contributed by atoms with Gasteiger partial charge in [0.2, 0.25) is 5.91 Å². The van der Waals surface area contributed by atoms with Crippen molar-refractivity contribution in [3.05, 3.63) is 60.2 Å². The van der Waals surface area contributed by atoms with E-state index in [0.717, 1.165) is 31.4 Å². The van der Waals surface area contributed by atoms with Crippen molar-refractivity contribution < 1.29 is 9.59 Å². The normalized spacial score (nSPS) is 22.8. The maximum Gasteiger partial charge on any atom is 0.255 e. The van der Waals surface area contributed by atoms with Crippen molar-refractivity contribution in [2.75, 3.05) is 19.6 Å². The molecule has 1 spiro atoms. The summed E-state index contributed by atoms with van der Waals surface area (Å²) in [5.74, 6) is 0.140. The van der Waals surface area contributed by atoms with E-state index in [1.807, 2.05) is 21.9 Å². The minimum Gasteiger partial charge on any atom is -0.338 e. The van der Waals surface area contributed by atoms with Crippen molar-refractivity contribution in [1.82, 2.24) is 19.8 Å². The van der Waals surface area contributed by atoms with Crippen molar-refractivity contribution in [1.29, 1.82) is 0 Å². The highest BCUT2D eigenvalue weighted by Crippen LogP contribution is 2.41. The van der Waals surface area contributed by atoms with E-state index in [1.165, 1.54) is 0 Å². The number of amides is 2. The summed E-state index contributed by atoms with van der Waals surface area (Å²) in [4.78, 5) is 37.8. The van der Waals surface area contributed by atoms with Crippen LogP contribution in [0.15, 0.2) is 49.1 Å². The number of rotatable bonds is 3. The summed E-state index contributed by atoms with van der Waals surface area (Å²) >= 11 is 0. The molecule has 0 radical (unpaired) electrons. The fraction of sp³-hybridized carbons (Fsp3) is 0.400. The minimum atomic E-state index is -0.432. The first-order valence-corrected chi connectivity index (χ1v) is 9.06. The average Bonchev–Trinajstić information content (AvgIpc) is 2.98. The topological polar surface area (TPSA) is 66.4 Å². The number of likely N-dealkylation sites (tertiary alicyclic amines) is 2. The summed E-state index contributed by atoms with van der Waals surface area (Å²) in [5, 5.41) is 0. The van der Waals surface area contributed by atoms with Crippen molar-refractivity contribution in [3.63, 3.8) is 0 Å². The Labute approximate surface area is 152 Å². The Hall–Kier alpha value is -2.76. The monoisotopic (exact) mass is 350 g/mol. The third-order valence-electron chi connectivity index (χ3n) is 5.47. The molecule has 2 aliphatic rings. The Morgan fingerprint density at radius 3 is 2.62 bits per heavy atom. The van der Waals surface area contributed by atoms with Crippen LogP contribution in [0.4, 0.5) is 0 Å². The zero-order valence-electron chi connectivity index (χ0n) is 14.7. The molecule has 0 bridgehead atoms. The second kappa shape index (κ2) is 6.86. The molecule has 0 aromatic carbocycles. The number of aromatic nitrogens is 2. The summed E-state index contributed by atoms with van der Waals surface area (Å²) in [6.45, 7) is 2.53. The van der Waals surface area contributed by atoms with Gasteiger partial charge in [0.25, 0.3) is 5.91 Å². The van der Waals surface area contributed by atoms with Gasteiger partial charge >= 0.3 is 0 Å². The van der Waals surface area contributed by atoms with Gasteiger partial charge in [0.1, 0.15) is 0 Å². The van der Waals surface area contributed by atoms with Crippen LogP contribution < -0.4 is 0 Å². The maximum atomic E-state index is 13.1. The average molecular weight is 350 g/mol. The number of hydrogen-bond acceptors (Lipinski definition) is 4. The molecule has 0 saturated carbocycles. The van der Waals surface area contributed by atoms with Crippen molar-refractivity contribution in [2.24, 2.45) is 5.41 Å². The second-order valence-electron chi connectivity index (χ2n) is 7.19. The molecule has 2 aromatic heterocycles. The van der Waals surface area contributed by atoms with Crippen LogP contribution in [-0.4, -0.2) is 51.2 Å². The highest BCUT2D eigenvalue weighted by atomic mass is 16.2. The molecule has 2 saturated heterocycles. The molecule has 2 amide bonds.